The van der Waals surface area contributed by atoms with E-state index in [9.17, 15) is 9.18 Å². The fourth-order valence-corrected chi connectivity index (χ4v) is 3.95. The Morgan fingerprint density at radius 1 is 1.04 bits per heavy atom. The van der Waals surface area contributed by atoms with Crippen molar-refractivity contribution >= 4 is 27.6 Å². The summed E-state index contributed by atoms with van der Waals surface area (Å²) in [4.78, 5) is 12.0. The first-order valence-electron chi connectivity index (χ1n) is 8.64. The molecule has 1 aliphatic rings. The number of carbonyl (C=O) groups is 1. The third-order valence-electron chi connectivity index (χ3n) is 5.16. The molecule has 28 heavy (non-hydrogen) atoms. The van der Waals surface area contributed by atoms with Gasteiger partial charge >= 0.3 is 5.97 Å². The van der Waals surface area contributed by atoms with E-state index in [4.69, 9.17) is 9.47 Å². The van der Waals surface area contributed by atoms with E-state index in [1.807, 2.05) is 18.2 Å². The minimum absolute atomic E-state index is 0.153. The number of ether oxygens (including phenoxy) is 2. The molecule has 4 aromatic rings. The SMILES string of the molecule is COC(=O)c1ccc2c3cccc4c3c([n+](C)c2c1F)-c1cc(F)ccc1O4. The number of benzene rings is 3. The minimum Gasteiger partial charge on any atom is -0.465 e. The predicted molar refractivity (Wildman–Crippen MR) is 99.4 cm³/mol. The molecule has 2 heterocycles. The van der Waals surface area contributed by atoms with E-state index in [2.05, 4.69) is 0 Å². The van der Waals surface area contributed by atoms with Crippen molar-refractivity contribution in [3.05, 3.63) is 65.7 Å². The second kappa shape index (κ2) is 5.73. The molecule has 0 aliphatic carbocycles. The topological polar surface area (TPSA) is 39.4 Å². The van der Waals surface area contributed by atoms with E-state index in [1.165, 1.54) is 25.3 Å². The van der Waals surface area contributed by atoms with Gasteiger partial charge in [-0.3, -0.25) is 0 Å². The normalized spacial score (nSPS) is 12.0. The van der Waals surface area contributed by atoms with Crippen molar-refractivity contribution in [2.24, 2.45) is 7.05 Å². The molecule has 4 nitrogen and oxygen atoms in total. The number of halogens is 2. The van der Waals surface area contributed by atoms with E-state index in [0.29, 0.717) is 28.1 Å². The molecule has 0 fully saturated rings. The van der Waals surface area contributed by atoms with Gasteiger partial charge < -0.3 is 9.47 Å². The number of aromatic nitrogens is 1. The Hall–Kier alpha value is -3.54. The Kier molecular flexibility index (Phi) is 3.40. The molecule has 1 aliphatic heterocycles. The molecule has 138 valence electrons. The molecule has 0 saturated carbocycles. The van der Waals surface area contributed by atoms with Gasteiger partial charge in [0.25, 0.3) is 0 Å². The van der Waals surface area contributed by atoms with Crippen molar-refractivity contribution < 1.29 is 27.6 Å². The van der Waals surface area contributed by atoms with E-state index in [1.54, 1.807) is 23.7 Å². The van der Waals surface area contributed by atoms with Gasteiger partial charge in [-0.25, -0.2) is 9.18 Å². The molecule has 0 unspecified atom stereocenters. The molecular weight excluding hydrogens is 364 g/mol. The predicted octanol–water partition coefficient (Wildman–Crippen LogP) is 4.66. The highest BCUT2D eigenvalue weighted by Gasteiger charge is 2.33. The summed E-state index contributed by atoms with van der Waals surface area (Å²) in [6.45, 7) is 0. The Morgan fingerprint density at radius 2 is 1.86 bits per heavy atom. The molecular formula is C22H14F2NO3+. The first-order valence-corrected chi connectivity index (χ1v) is 8.64. The molecule has 0 bridgehead atoms. The number of fused-ring (bicyclic) bond motifs is 4. The maximum absolute atomic E-state index is 15.4. The van der Waals surface area contributed by atoms with Crippen LogP contribution >= 0.6 is 0 Å². The lowest BCUT2D eigenvalue weighted by molar-refractivity contribution is -0.633. The lowest BCUT2D eigenvalue weighted by Gasteiger charge is -2.20. The van der Waals surface area contributed by atoms with Crippen molar-refractivity contribution in [3.8, 4) is 22.8 Å². The number of nitrogens with zero attached hydrogens (tertiary/aromatic N) is 1. The number of carbonyl (C=O) groups excluding carboxylic acids is 1. The van der Waals surface area contributed by atoms with E-state index >= 15 is 4.39 Å². The zero-order valence-corrected chi connectivity index (χ0v) is 15.0. The fourth-order valence-electron chi connectivity index (χ4n) is 3.95. The Bertz CT molecular complexity index is 1330. The van der Waals surface area contributed by atoms with Crippen molar-refractivity contribution in [1.29, 1.82) is 0 Å². The van der Waals surface area contributed by atoms with E-state index < -0.39 is 17.6 Å². The number of pyridine rings is 1. The highest BCUT2D eigenvalue weighted by Crippen LogP contribution is 2.46. The van der Waals surface area contributed by atoms with E-state index in [-0.39, 0.29) is 11.1 Å². The molecule has 0 spiro atoms. The molecule has 5 rings (SSSR count). The van der Waals surface area contributed by atoms with Crippen LogP contribution in [-0.4, -0.2) is 13.1 Å². The fraction of sp³-hybridized carbons (Fsp3) is 0.0909. The lowest BCUT2D eigenvalue weighted by atomic mass is 9.95. The van der Waals surface area contributed by atoms with Crippen LogP contribution in [0.2, 0.25) is 0 Å². The third-order valence-corrected chi connectivity index (χ3v) is 5.16. The van der Waals surface area contributed by atoms with Crippen LogP contribution in [0.15, 0.2) is 48.5 Å². The van der Waals surface area contributed by atoms with Crippen molar-refractivity contribution in [2.75, 3.05) is 7.11 Å². The molecule has 0 amide bonds. The number of rotatable bonds is 1. The summed E-state index contributed by atoms with van der Waals surface area (Å²) < 4.78 is 41.7. The summed E-state index contributed by atoms with van der Waals surface area (Å²) in [6, 6.07) is 12.8. The maximum atomic E-state index is 15.4. The number of aryl methyl sites for hydroxylation is 1. The van der Waals surface area contributed by atoms with Gasteiger partial charge in [0, 0.05) is 5.39 Å². The molecule has 0 atom stereocenters. The Labute approximate surface area is 158 Å². The van der Waals surface area contributed by atoms with Crippen molar-refractivity contribution in [2.45, 2.75) is 0 Å². The minimum atomic E-state index is -0.753. The lowest BCUT2D eigenvalue weighted by Crippen LogP contribution is -2.34. The number of hydrogen-bond acceptors (Lipinski definition) is 3. The molecule has 0 radical (unpaired) electrons. The van der Waals surface area contributed by atoms with Gasteiger partial charge in [0.05, 0.1) is 23.4 Å². The zero-order valence-electron chi connectivity index (χ0n) is 15.0. The second-order valence-electron chi connectivity index (χ2n) is 6.64. The third kappa shape index (κ3) is 2.08. The van der Waals surface area contributed by atoms with Crippen LogP contribution in [0.25, 0.3) is 32.9 Å². The van der Waals surface area contributed by atoms with Crippen LogP contribution < -0.4 is 9.30 Å². The van der Waals surface area contributed by atoms with Gasteiger partial charge in [0.1, 0.15) is 29.9 Å². The van der Waals surface area contributed by atoms with Crippen LogP contribution in [0.5, 0.6) is 11.5 Å². The largest absolute Gasteiger partial charge is 0.465 e. The summed E-state index contributed by atoms with van der Waals surface area (Å²) in [7, 11) is 2.90. The molecule has 0 N–H and O–H groups in total. The van der Waals surface area contributed by atoms with Crippen LogP contribution in [0.3, 0.4) is 0 Å². The average molecular weight is 378 g/mol. The smallest absolute Gasteiger partial charge is 0.341 e. The standard InChI is InChI=1S/C22H14F2NO3/c1-25-20-15-10-11(23)6-9-16(15)28-17-5-3-4-12(18(17)20)13-7-8-14(22(26)27-2)19(24)21(13)25/h3-10H,1-2H3/q+1. The molecule has 0 saturated heterocycles. The van der Waals surface area contributed by atoms with Gasteiger partial charge in [0.2, 0.25) is 17.0 Å². The summed E-state index contributed by atoms with van der Waals surface area (Å²) in [6.07, 6.45) is 0. The number of hydrogen-bond donors (Lipinski definition) is 0. The summed E-state index contributed by atoms with van der Waals surface area (Å²) >= 11 is 0. The summed E-state index contributed by atoms with van der Waals surface area (Å²) in [5.41, 5.74) is 1.23. The Morgan fingerprint density at radius 3 is 2.64 bits per heavy atom. The van der Waals surface area contributed by atoms with Crippen LogP contribution in [0, 0.1) is 11.6 Å². The molecule has 6 heteroatoms. The first kappa shape index (κ1) is 16.6. The molecule has 1 aromatic heterocycles. The Balaban J connectivity index is 2.02. The van der Waals surface area contributed by atoms with Gasteiger partial charge in [-0.05, 0) is 36.4 Å². The van der Waals surface area contributed by atoms with Gasteiger partial charge in [-0.2, -0.15) is 8.96 Å². The highest BCUT2D eigenvalue weighted by atomic mass is 19.1. The van der Waals surface area contributed by atoms with E-state index in [0.717, 1.165) is 10.8 Å². The first-order chi connectivity index (χ1) is 13.5. The number of esters is 1. The van der Waals surface area contributed by atoms with Crippen LogP contribution in [0.1, 0.15) is 10.4 Å². The highest BCUT2D eigenvalue weighted by molar-refractivity contribution is 6.13. The van der Waals surface area contributed by atoms with Crippen LogP contribution in [-0.2, 0) is 11.8 Å². The zero-order chi connectivity index (χ0) is 19.6. The quantitative estimate of drug-likeness (QED) is 0.242. The van der Waals surface area contributed by atoms with Gasteiger partial charge in [-0.15, -0.1) is 0 Å². The summed E-state index contributed by atoms with van der Waals surface area (Å²) in [5, 5.41) is 2.14. The van der Waals surface area contributed by atoms with Crippen LogP contribution in [0.4, 0.5) is 8.78 Å². The maximum Gasteiger partial charge on any atom is 0.341 e. The number of methoxy groups -OCH3 is 1. The summed E-state index contributed by atoms with van der Waals surface area (Å²) in [5.74, 6) is -0.752. The van der Waals surface area contributed by atoms with Crippen molar-refractivity contribution in [3.63, 3.8) is 0 Å². The van der Waals surface area contributed by atoms with Gasteiger partial charge in [-0.1, -0.05) is 12.1 Å². The monoisotopic (exact) mass is 378 g/mol. The average Bonchev–Trinajstić information content (AvgIpc) is 2.70. The second-order valence-corrected chi connectivity index (χ2v) is 6.64. The molecule has 3 aromatic carbocycles. The van der Waals surface area contributed by atoms with Gasteiger partial charge in [0.15, 0.2) is 0 Å². The van der Waals surface area contributed by atoms with Crippen molar-refractivity contribution in [1.82, 2.24) is 0 Å².